The van der Waals surface area contributed by atoms with Crippen molar-refractivity contribution in [2.45, 2.75) is 38.6 Å². The van der Waals surface area contributed by atoms with Gasteiger partial charge in [-0.3, -0.25) is 4.79 Å². The van der Waals surface area contributed by atoms with Crippen LogP contribution in [0.25, 0.3) is 0 Å². The first kappa shape index (κ1) is 12.6. The molecule has 3 N–H and O–H groups in total. The maximum atomic E-state index is 12.3. The highest BCUT2D eigenvalue weighted by Crippen LogP contribution is 2.35. The molecule has 0 atom stereocenters. The monoisotopic (exact) mass is 252 g/mol. The van der Waals surface area contributed by atoms with Crippen LogP contribution in [0.3, 0.4) is 0 Å². The van der Waals surface area contributed by atoms with Crippen LogP contribution in [0, 0.1) is 5.41 Å². The lowest BCUT2D eigenvalue weighted by Crippen LogP contribution is -2.46. The Balaban J connectivity index is 1.93. The van der Waals surface area contributed by atoms with Gasteiger partial charge in [-0.25, -0.2) is 0 Å². The van der Waals surface area contributed by atoms with Crippen LogP contribution >= 0.6 is 11.3 Å². The maximum Gasteiger partial charge on any atom is 0.227 e. The van der Waals surface area contributed by atoms with E-state index in [0.717, 1.165) is 25.7 Å². The molecule has 0 bridgehead atoms. The fourth-order valence-corrected chi connectivity index (χ4v) is 3.17. The van der Waals surface area contributed by atoms with Crippen LogP contribution in [0.2, 0.25) is 0 Å². The molecular formula is C13H20N2OS. The number of carbonyl (C=O) groups is 1. The molecule has 2 rings (SSSR count). The Morgan fingerprint density at radius 3 is 2.76 bits per heavy atom. The molecule has 94 valence electrons. The fraction of sp³-hybridized carbons (Fsp3) is 0.615. The molecule has 1 heterocycles. The molecule has 1 fully saturated rings. The van der Waals surface area contributed by atoms with Gasteiger partial charge in [0.05, 0.1) is 12.0 Å². The van der Waals surface area contributed by atoms with Crippen molar-refractivity contribution in [1.29, 1.82) is 0 Å². The molecule has 1 aliphatic carbocycles. The summed E-state index contributed by atoms with van der Waals surface area (Å²) in [6.45, 7) is 1.11. The second kappa shape index (κ2) is 5.65. The van der Waals surface area contributed by atoms with Crippen molar-refractivity contribution in [2.24, 2.45) is 11.1 Å². The topological polar surface area (TPSA) is 55.1 Å². The zero-order valence-corrected chi connectivity index (χ0v) is 10.9. The Morgan fingerprint density at radius 1 is 1.41 bits per heavy atom. The molecule has 0 aliphatic heterocycles. The molecule has 4 heteroatoms. The van der Waals surface area contributed by atoms with Crippen molar-refractivity contribution in [2.75, 3.05) is 6.54 Å². The van der Waals surface area contributed by atoms with Crippen LogP contribution in [-0.2, 0) is 11.3 Å². The van der Waals surface area contributed by atoms with E-state index in [-0.39, 0.29) is 11.3 Å². The summed E-state index contributed by atoms with van der Waals surface area (Å²) >= 11 is 1.67. The van der Waals surface area contributed by atoms with E-state index in [1.807, 2.05) is 17.5 Å². The molecule has 0 aromatic carbocycles. The summed E-state index contributed by atoms with van der Waals surface area (Å²) in [6.07, 6.45) is 5.38. The average Bonchev–Trinajstić information content (AvgIpc) is 2.90. The molecule has 0 unspecified atom stereocenters. The van der Waals surface area contributed by atoms with E-state index in [1.165, 1.54) is 11.3 Å². The summed E-state index contributed by atoms with van der Waals surface area (Å²) < 4.78 is 0. The number of thiophene rings is 1. The molecule has 3 nitrogen and oxygen atoms in total. The predicted octanol–water partition coefficient (Wildman–Crippen LogP) is 2.27. The number of carbonyl (C=O) groups excluding carboxylic acids is 1. The van der Waals surface area contributed by atoms with Gasteiger partial charge in [0.2, 0.25) is 5.91 Å². The highest BCUT2D eigenvalue weighted by Gasteiger charge is 2.37. The lowest BCUT2D eigenvalue weighted by Gasteiger charge is -2.34. The third kappa shape index (κ3) is 2.87. The lowest BCUT2D eigenvalue weighted by atomic mass is 9.73. The van der Waals surface area contributed by atoms with Gasteiger partial charge in [-0.05, 0) is 24.3 Å². The summed E-state index contributed by atoms with van der Waals surface area (Å²) in [5, 5.41) is 5.07. The van der Waals surface area contributed by atoms with E-state index in [4.69, 9.17) is 5.73 Å². The van der Waals surface area contributed by atoms with E-state index in [2.05, 4.69) is 5.32 Å². The summed E-state index contributed by atoms with van der Waals surface area (Å²) in [6, 6.07) is 4.05. The number of nitrogens with two attached hydrogens (primary N) is 1. The minimum absolute atomic E-state index is 0.146. The van der Waals surface area contributed by atoms with Gasteiger partial charge in [0.1, 0.15) is 0 Å². The highest BCUT2D eigenvalue weighted by atomic mass is 32.1. The number of amides is 1. The minimum Gasteiger partial charge on any atom is -0.351 e. The van der Waals surface area contributed by atoms with Gasteiger partial charge in [0.25, 0.3) is 0 Å². The second-order valence-electron chi connectivity index (χ2n) is 4.81. The lowest BCUT2D eigenvalue weighted by molar-refractivity contribution is -0.132. The standard InChI is InChI=1S/C13H20N2OS/c14-10-13(6-2-1-3-7-13)12(16)15-9-11-5-4-8-17-11/h4-5,8H,1-3,6-7,9-10,14H2,(H,15,16). The first-order valence-electron chi connectivity index (χ1n) is 6.28. The van der Waals surface area contributed by atoms with Crippen LogP contribution < -0.4 is 11.1 Å². The number of nitrogens with one attached hydrogen (secondary N) is 1. The Bertz CT molecular complexity index is 356. The molecule has 0 saturated heterocycles. The quantitative estimate of drug-likeness (QED) is 0.863. The van der Waals surface area contributed by atoms with Gasteiger partial charge in [-0.1, -0.05) is 25.3 Å². The van der Waals surface area contributed by atoms with Crippen molar-refractivity contribution in [1.82, 2.24) is 5.32 Å². The van der Waals surface area contributed by atoms with Crippen molar-refractivity contribution in [3.05, 3.63) is 22.4 Å². The Labute approximate surface area is 106 Å². The fourth-order valence-electron chi connectivity index (χ4n) is 2.52. The smallest absolute Gasteiger partial charge is 0.227 e. The van der Waals surface area contributed by atoms with E-state index in [0.29, 0.717) is 13.1 Å². The normalized spacial score (nSPS) is 18.9. The van der Waals surface area contributed by atoms with Crippen LogP contribution in [-0.4, -0.2) is 12.5 Å². The maximum absolute atomic E-state index is 12.3. The molecule has 0 radical (unpaired) electrons. The largest absolute Gasteiger partial charge is 0.351 e. The van der Waals surface area contributed by atoms with E-state index < -0.39 is 0 Å². The van der Waals surface area contributed by atoms with Crippen LogP contribution in [0.15, 0.2) is 17.5 Å². The molecular weight excluding hydrogens is 232 g/mol. The molecule has 1 amide bonds. The molecule has 1 aliphatic rings. The van der Waals surface area contributed by atoms with Crippen molar-refractivity contribution in [3.63, 3.8) is 0 Å². The van der Waals surface area contributed by atoms with Gasteiger partial charge in [0.15, 0.2) is 0 Å². The summed E-state index contributed by atoms with van der Waals surface area (Å²) in [4.78, 5) is 13.5. The number of hydrogen-bond acceptors (Lipinski definition) is 3. The summed E-state index contributed by atoms with van der Waals surface area (Å²) in [7, 11) is 0. The van der Waals surface area contributed by atoms with Gasteiger partial charge in [-0.2, -0.15) is 0 Å². The van der Waals surface area contributed by atoms with Crippen molar-refractivity contribution < 1.29 is 4.79 Å². The van der Waals surface area contributed by atoms with Gasteiger partial charge in [-0.15, -0.1) is 11.3 Å². The minimum atomic E-state index is -0.296. The Hall–Kier alpha value is -0.870. The zero-order chi connectivity index (χ0) is 12.1. The molecule has 0 spiro atoms. The number of hydrogen-bond donors (Lipinski definition) is 2. The first-order chi connectivity index (χ1) is 8.27. The first-order valence-corrected chi connectivity index (χ1v) is 7.15. The Morgan fingerprint density at radius 2 is 2.18 bits per heavy atom. The van der Waals surface area contributed by atoms with Gasteiger partial charge in [0, 0.05) is 11.4 Å². The summed E-state index contributed by atoms with van der Waals surface area (Å²) in [5.41, 5.74) is 5.53. The molecule has 1 aromatic rings. The third-order valence-electron chi connectivity index (χ3n) is 3.69. The van der Waals surface area contributed by atoms with Crippen LogP contribution in [0.5, 0.6) is 0 Å². The number of rotatable bonds is 4. The SMILES string of the molecule is NCC1(C(=O)NCc2cccs2)CCCCC1. The predicted molar refractivity (Wildman–Crippen MR) is 70.7 cm³/mol. The van der Waals surface area contributed by atoms with Crippen LogP contribution in [0.1, 0.15) is 37.0 Å². The molecule has 1 saturated carbocycles. The molecule has 17 heavy (non-hydrogen) atoms. The van der Waals surface area contributed by atoms with Gasteiger partial charge < -0.3 is 11.1 Å². The van der Waals surface area contributed by atoms with Crippen LogP contribution in [0.4, 0.5) is 0 Å². The van der Waals surface area contributed by atoms with Gasteiger partial charge >= 0.3 is 0 Å². The summed E-state index contributed by atoms with van der Waals surface area (Å²) in [5.74, 6) is 0.146. The zero-order valence-electron chi connectivity index (χ0n) is 10.1. The van der Waals surface area contributed by atoms with E-state index >= 15 is 0 Å². The average molecular weight is 252 g/mol. The highest BCUT2D eigenvalue weighted by molar-refractivity contribution is 7.09. The molecule has 1 aromatic heterocycles. The van der Waals surface area contributed by atoms with Crippen molar-refractivity contribution in [3.8, 4) is 0 Å². The second-order valence-corrected chi connectivity index (χ2v) is 5.84. The van der Waals surface area contributed by atoms with E-state index in [1.54, 1.807) is 11.3 Å². The Kier molecular flexibility index (Phi) is 4.18. The third-order valence-corrected chi connectivity index (χ3v) is 4.56. The van der Waals surface area contributed by atoms with Crippen molar-refractivity contribution >= 4 is 17.2 Å². The van der Waals surface area contributed by atoms with E-state index in [9.17, 15) is 4.79 Å².